The molecule has 0 radical (unpaired) electrons. The van der Waals surface area contributed by atoms with Crippen LogP contribution in [0, 0.1) is 12.7 Å². The van der Waals surface area contributed by atoms with E-state index in [2.05, 4.69) is 10.3 Å². The number of nitrogens with one attached hydrogen (secondary N) is 1. The molecule has 0 aliphatic rings. The molecule has 1 amide bonds. The molecule has 0 bridgehead atoms. The number of thiazole rings is 1. The molecule has 0 aliphatic carbocycles. The van der Waals surface area contributed by atoms with Crippen LogP contribution in [0.5, 0.6) is 0 Å². The molecular weight excluding hydrogens is 295 g/mol. The smallest absolute Gasteiger partial charge is 0.355 e. The van der Waals surface area contributed by atoms with Crippen molar-refractivity contribution in [3.63, 3.8) is 0 Å². The largest absolute Gasteiger partial charge is 0.476 e. The zero-order chi connectivity index (χ0) is 15.4. The van der Waals surface area contributed by atoms with Crippen molar-refractivity contribution >= 4 is 23.2 Å². The van der Waals surface area contributed by atoms with Crippen molar-refractivity contribution in [2.75, 3.05) is 6.54 Å². The van der Waals surface area contributed by atoms with Gasteiger partial charge in [-0.3, -0.25) is 4.79 Å². The molecule has 7 heteroatoms. The van der Waals surface area contributed by atoms with Gasteiger partial charge in [-0.2, -0.15) is 0 Å². The van der Waals surface area contributed by atoms with Crippen molar-refractivity contribution in [2.45, 2.75) is 13.3 Å². The lowest BCUT2D eigenvalue weighted by molar-refractivity contribution is 0.0690. The van der Waals surface area contributed by atoms with Gasteiger partial charge in [-0.1, -0.05) is 6.07 Å². The third-order valence-electron chi connectivity index (χ3n) is 2.84. The fourth-order valence-corrected chi connectivity index (χ4v) is 2.51. The predicted octanol–water partition coefficient (Wildman–Crippen LogP) is 2.26. The molecule has 2 N–H and O–H groups in total. The highest BCUT2D eigenvalue weighted by molar-refractivity contribution is 7.09. The second-order valence-corrected chi connectivity index (χ2v) is 5.34. The molecule has 0 saturated heterocycles. The van der Waals surface area contributed by atoms with E-state index in [4.69, 9.17) is 5.11 Å². The number of carbonyl (C=O) groups excluding carboxylic acids is 1. The van der Waals surface area contributed by atoms with E-state index in [0.29, 0.717) is 29.1 Å². The fraction of sp³-hybridized carbons (Fsp3) is 0.214. The SMILES string of the molecule is Cc1ccc(F)cc1C(=O)NCCc1nc(C(=O)O)cs1. The maximum Gasteiger partial charge on any atom is 0.355 e. The summed E-state index contributed by atoms with van der Waals surface area (Å²) in [6, 6.07) is 4.04. The van der Waals surface area contributed by atoms with Crippen LogP contribution in [-0.2, 0) is 6.42 Å². The molecule has 2 aromatic rings. The van der Waals surface area contributed by atoms with Gasteiger partial charge in [-0.25, -0.2) is 14.2 Å². The summed E-state index contributed by atoms with van der Waals surface area (Å²) in [6.07, 6.45) is 0.429. The van der Waals surface area contributed by atoms with E-state index in [9.17, 15) is 14.0 Å². The first-order valence-corrected chi connectivity index (χ1v) is 7.07. The third kappa shape index (κ3) is 3.85. The summed E-state index contributed by atoms with van der Waals surface area (Å²) in [5.41, 5.74) is 0.985. The number of hydrogen-bond acceptors (Lipinski definition) is 4. The summed E-state index contributed by atoms with van der Waals surface area (Å²) in [5.74, 6) is -1.89. The molecule has 5 nitrogen and oxygen atoms in total. The van der Waals surface area contributed by atoms with Gasteiger partial charge in [-0.05, 0) is 24.6 Å². The number of carbonyl (C=O) groups is 2. The lowest BCUT2D eigenvalue weighted by Crippen LogP contribution is -2.26. The van der Waals surface area contributed by atoms with Crippen molar-refractivity contribution in [1.82, 2.24) is 10.3 Å². The minimum atomic E-state index is -1.07. The number of aromatic carboxylic acids is 1. The second kappa shape index (κ2) is 6.45. The summed E-state index contributed by atoms with van der Waals surface area (Å²) in [6.45, 7) is 2.04. The zero-order valence-corrected chi connectivity index (χ0v) is 12.0. The average molecular weight is 308 g/mol. The van der Waals surface area contributed by atoms with Crippen molar-refractivity contribution in [2.24, 2.45) is 0 Å². The molecule has 0 unspecified atom stereocenters. The van der Waals surface area contributed by atoms with E-state index in [1.165, 1.54) is 28.8 Å². The lowest BCUT2D eigenvalue weighted by atomic mass is 10.1. The first-order chi connectivity index (χ1) is 9.97. The van der Waals surface area contributed by atoms with Gasteiger partial charge in [0.2, 0.25) is 0 Å². The highest BCUT2D eigenvalue weighted by Crippen LogP contribution is 2.11. The minimum Gasteiger partial charge on any atom is -0.476 e. The predicted molar refractivity (Wildman–Crippen MR) is 76.2 cm³/mol. The Kier molecular flexibility index (Phi) is 4.64. The molecule has 0 spiro atoms. The van der Waals surface area contributed by atoms with E-state index in [0.717, 1.165) is 0 Å². The Labute approximate surface area is 124 Å². The Balaban J connectivity index is 1.92. The molecule has 1 aromatic heterocycles. The Bertz CT molecular complexity index is 685. The monoisotopic (exact) mass is 308 g/mol. The second-order valence-electron chi connectivity index (χ2n) is 4.40. The van der Waals surface area contributed by atoms with Crippen molar-refractivity contribution in [3.05, 3.63) is 51.2 Å². The van der Waals surface area contributed by atoms with Crippen LogP contribution >= 0.6 is 11.3 Å². The Hall–Kier alpha value is -2.28. The number of carboxylic acids is 1. The average Bonchev–Trinajstić information content (AvgIpc) is 2.90. The molecule has 1 aromatic carbocycles. The number of benzene rings is 1. The Morgan fingerprint density at radius 3 is 2.86 bits per heavy atom. The summed E-state index contributed by atoms with van der Waals surface area (Å²) in [4.78, 5) is 26.5. The van der Waals surface area contributed by atoms with Crippen molar-refractivity contribution in [1.29, 1.82) is 0 Å². The van der Waals surface area contributed by atoms with Crippen LogP contribution in [0.25, 0.3) is 0 Å². The molecule has 0 saturated carbocycles. The van der Waals surface area contributed by atoms with Crippen LogP contribution in [0.3, 0.4) is 0 Å². The van der Waals surface area contributed by atoms with Gasteiger partial charge in [-0.15, -0.1) is 11.3 Å². The molecule has 2 rings (SSSR count). The van der Waals surface area contributed by atoms with Gasteiger partial charge in [0.15, 0.2) is 5.69 Å². The van der Waals surface area contributed by atoms with Crippen LogP contribution in [0.4, 0.5) is 4.39 Å². The standard InChI is InChI=1S/C14H13FN2O3S/c1-8-2-3-9(15)6-10(8)13(18)16-5-4-12-17-11(7-21-12)14(19)20/h2-3,6-7H,4-5H2,1H3,(H,16,18)(H,19,20). The number of aryl methyl sites for hydroxylation is 1. The fourth-order valence-electron chi connectivity index (χ4n) is 1.74. The molecular formula is C14H13FN2O3S. The zero-order valence-electron chi connectivity index (χ0n) is 11.2. The summed E-state index contributed by atoms with van der Waals surface area (Å²) in [7, 11) is 0. The highest BCUT2D eigenvalue weighted by atomic mass is 32.1. The normalized spacial score (nSPS) is 10.4. The van der Waals surface area contributed by atoms with Gasteiger partial charge >= 0.3 is 5.97 Å². The topological polar surface area (TPSA) is 79.3 Å². The van der Waals surface area contributed by atoms with Crippen LogP contribution in [0.2, 0.25) is 0 Å². The van der Waals surface area contributed by atoms with Gasteiger partial charge in [0.25, 0.3) is 5.91 Å². The molecule has 21 heavy (non-hydrogen) atoms. The molecule has 1 heterocycles. The number of rotatable bonds is 5. The van der Waals surface area contributed by atoms with Crippen molar-refractivity contribution < 1.29 is 19.1 Å². The molecule has 0 fully saturated rings. The molecule has 110 valence electrons. The van der Waals surface area contributed by atoms with Gasteiger partial charge in [0.05, 0.1) is 5.01 Å². The van der Waals surface area contributed by atoms with E-state index in [-0.39, 0.29) is 11.6 Å². The summed E-state index contributed by atoms with van der Waals surface area (Å²) < 4.78 is 13.1. The number of hydrogen-bond donors (Lipinski definition) is 2. The first kappa shape index (κ1) is 15.1. The third-order valence-corrected chi connectivity index (χ3v) is 3.75. The van der Waals surface area contributed by atoms with Gasteiger partial charge < -0.3 is 10.4 Å². The Morgan fingerprint density at radius 1 is 1.43 bits per heavy atom. The summed E-state index contributed by atoms with van der Waals surface area (Å²) >= 11 is 1.23. The number of halogens is 1. The van der Waals surface area contributed by atoms with E-state index in [1.54, 1.807) is 13.0 Å². The maximum absolute atomic E-state index is 13.1. The summed E-state index contributed by atoms with van der Waals surface area (Å²) in [5, 5.41) is 13.5. The van der Waals surface area contributed by atoms with E-state index < -0.39 is 11.8 Å². The molecule has 0 aliphatic heterocycles. The minimum absolute atomic E-state index is 0.00213. The number of carboxylic acid groups (broad SMARTS) is 1. The number of nitrogens with zero attached hydrogens (tertiary/aromatic N) is 1. The van der Waals surface area contributed by atoms with Crippen LogP contribution in [0.1, 0.15) is 31.4 Å². The quantitative estimate of drug-likeness (QED) is 0.888. The number of amides is 1. The lowest BCUT2D eigenvalue weighted by Gasteiger charge is -2.07. The Morgan fingerprint density at radius 2 is 2.19 bits per heavy atom. The van der Waals surface area contributed by atoms with E-state index in [1.807, 2.05) is 0 Å². The number of aromatic nitrogens is 1. The highest BCUT2D eigenvalue weighted by Gasteiger charge is 2.11. The first-order valence-electron chi connectivity index (χ1n) is 6.19. The van der Waals surface area contributed by atoms with Gasteiger partial charge in [0.1, 0.15) is 5.82 Å². The van der Waals surface area contributed by atoms with Crippen LogP contribution < -0.4 is 5.32 Å². The van der Waals surface area contributed by atoms with E-state index >= 15 is 0 Å². The van der Waals surface area contributed by atoms with Gasteiger partial charge in [0, 0.05) is 23.9 Å². The van der Waals surface area contributed by atoms with Crippen LogP contribution in [-0.4, -0.2) is 28.5 Å². The maximum atomic E-state index is 13.1. The molecule has 0 atom stereocenters. The van der Waals surface area contributed by atoms with Crippen molar-refractivity contribution in [3.8, 4) is 0 Å². The van der Waals surface area contributed by atoms with Crippen LogP contribution in [0.15, 0.2) is 23.6 Å².